The highest BCUT2D eigenvalue weighted by Gasteiger charge is 2.25. The summed E-state index contributed by atoms with van der Waals surface area (Å²) in [5.74, 6) is -2.35. The molecule has 3 rings (SSSR count). The number of aromatic nitrogens is 2. The summed E-state index contributed by atoms with van der Waals surface area (Å²) >= 11 is 7.74. The third-order valence-electron chi connectivity index (χ3n) is 3.70. The second-order valence-electron chi connectivity index (χ2n) is 5.03. The first-order chi connectivity index (χ1) is 11.0. The number of carboxylic acid groups (broad SMARTS) is 1. The smallest absolute Gasteiger partial charge is 0.340 e. The van der Waals surface area contributed by atoms with Crippen LogP contribution in [-0.4, -0.2) is 27.5 Å². The summed E-state index contributed by atoms with van der Waals surface area (Å²) in [4.78, 5) is 12.4. The largest absolute Gasteiger partial charge is 0.478 e. The van der Waals surface area contributed by atoms with Gasteiger partial charge in [-0.3, -0.25) is 5.10 Å². The van der Waals surface area contributed by atoms with Crippen molar-refractivity contribution < 1.29 is 14.3 Å². The molecule has 1 heterocycles. The number of hydrogen-bond acceptors (Lipinski definition) is 3. The van der Waals surface area contributed by atoms with E-state index in [1.807, 2.05) is 31.4 Å². The van der Waals surface area contributed by atoms with Crippen molar-refractivity contribution in [1.29, 1.82) is 0 Å². The SMILES string of the molecule is CSc1cc(-c2c(Cl)c(F)c(C(=O)O)c3[nH]ncc23)ccc1C. The van der Waals surface area contributed by atoms with Crippen LogP contribution in [0.25, 0.3) is 22.0 Å². The van der Waals surface area contributed by atoms with Crippen molar-refractivity contribution >= 4 is 40.2 Å². The van der Waals surface area contributed by atoms with Crippen LogP contribution < -0.4 is 0 Å². The number of hydrogen-bond donors (Lipinski definition) is 2. The van der Waals surface area contributed by atoms with Crippen molar-refractivity contribution in [1.82, 2.24) is 10.2 Å². The van der Waals surface area contributed by atoms with Gasteiger partial charge in [0.25, 0.3) is 0 Å². The molecule has 0 aliphatic carbocycles. The number of nitrogens with zero attached hydrogens (tertiary/aromatic N) is 1. The summed E-state index contributed by atoms with van der Waals surface area (Å²) in [5.41, 5.74) is 1.88. The molecule has 118 valence electrons. The average molecular weight is 351 g/mol. The predicted molar refractivity (Wildman–Crippen MR) is 90.0 cm³/mol. The predicted octanol–water partition coefficient (Wildman–Crippen LogP) is 4.75. The van der Waals surface area contributed by atoms with E-state index in [-0.39, 0.29) is 10.5 Å². The normalized spacial score (nSPS) is 11.1. The maximum absolute atomic E-state index is 14.5. The maximum Gasteiger partial charge on any atom is 0.340 e. The summed E-state index contributed by atoms with van der Waals surface area (Å²) in [6.07, 6.45) is 3.41. The Morgan fingerprint density at radius 2 is 2.17 bits per heavy atom. The van der Waals surface area contributed by atoms with Crippen LogP contribution in [0.1, 0.15) is 15.9 Å². The number of aryl methyl sites for hydroxylation is 1. The van der Waals surface area contributed by atoms with Gasteiger partial charge in [0.2, 0.25) is 0 Å². The Bertz CT molecular complexity index is 939. The van der Waals surface area contributed by atoms with E-state index >= 15 is 0 Å². The van der Waals surface area contributed by atoms with Gasteiger partial charge < -0.3 is 5.11 Å². The van der Waals surface area contributed by atoms with Gasteiger partial charge in [-0.15, -0.1) is 11.8 Å². The number of aromatic amines is 1. The molecular formula is C16H12ClFN2O2S. The molecule has 0 aliphatic rings. The molecule has 0 unspecified atom stereocenters. The highest BCUT2D eigenvalue weighted by atomic mass is 35.5. The van der Waals surface area contributed by atoms with Crippen LogP contribution in [-0.2, 0) is 0 Å². The minimum atomic E-state index is -1.39. The molecule has 0 bridgehead atoms. The third kappa shape index (κ3) is 2.48. The molecule has 4 nitrogen and oxygen atoms in total. The monoisotopic (exact) mass is 350 g/mol. The highest BCUT2D eigenvalue weighted by molar-refractivity contribution is 7.98. The van der Waals surface area contributed by atoms with Gasteiger partial charge in [0.05, 0.1) is 16.7 Å². The van der Waals surface area contributed by atoms with E-state index in [9.17, 15) is 14.3 Å². The fraction of sp³-hybridized carbons (Fsp3) is 0.125. The van der Waals surface area contributed by atoms with Crippen molar-refractivity contribution in [2.75, 3.05) is 6.26 Å². The van der Waals surface area contributed by atoms with Gasteiger partial charge in [-0.25, -0.2) is 9.18 Å². The van der Waals surface area contributed by atoms with Crippen molar-refractivity contribution in [3.8, 4) is 11.1 Å². The van der Waals surface area contributed by atoms with E-state index in [0.717, 1.165) is 10.5 Å². The average Bonchev–Trinajstić information content (AvgIpc) is 2.97. The lowest BCUT2D eigenvalue weighted by Gasteiger charge is -2.12. The van der Waals surface area contributed by atoms with E-state index in [1.165, 1.54) is 6.20 Å². The van der Waals surface area contributed by atoms with Gasteiger partial charge in [-0.1, -0.05) is 23.7 Å². The lowest BCUT2D eigenvalue weighted by atomic mass is 9.98. The van der Waals surface area contributed by atoms with Crippen molar-refractivity contribution in [3.63, 3.8) is 0 Å². The number of nitrogens with one attached hydrogen (secondary N) is 1. The zero-order chi connectivity index (χ0) is 16.7. The van der Waals surface area contributed by atoms with Gasteiger partial charge >= 0.3 is 5.97 Å². The first kappa shape index (κ1) is 15.8. The molecule has 0 fully saturated rings. The lowest BCUT2D eigenvalue weighted by molar-refractivity contribution is 0.0694. The van der Waals surface area contributed by atoms with Gasteiger partial charge in [0.15, 0.2) is 5.82 Å². The standard InChI is InChI=1S/C16H12ClFN2O2S/c1-7-3-4-8(5-10(7)23-2)11-9-6-19-20-15(9)12(16(21)22)14(18)13(11)17/h3-6H,1-2H3,(H,19,20)(H,21,22). The Morgan fingerprint density at radius 1 is 1.43 bits per heavy atom. The van der Waals surface area contributed by atoms with Crippen LogP contribution >= 0.6 is 23.4 Å². The number of carboxylic acids is 1. The van der Waals surface area contributed by atoms with E-state index in [0.29, 0.717) is 16.5 Å². The Labute approximate surface area is 140 Å². The number of thioether (sulfide) groups is 1. The summed E-state index contributed by atoms with van der Waals surface area (Å²) in [7, 11) is 0. The number of carbonyl (C=O) groups is 1. The molecule has 0 radical (unpaired) electrons. The summed E-state index contributed by atoms with van der Waals surface area (Å²) < 4.78 is 14.5. The van der Waals surface area contributed by atoms with Crippen LogP contribution in [0.2, 0.25) is 5.02 Å². The van der Waals surface area contributed by atoms with E-state index in [1.54, 1.807) is 11.8 Å². The molecule has 7 heteroatoms. The van der Waals surface area contributed by atoms with Crippen molar-refractivity contribution in [2.45, 2.75) is 11.8 Å². The Balaban J connectivity index is 2.39. The zero-order valence-corrected chi connectivity index (χ0v) is 13.8. The molecule has 3 aromatic rings. The van der Waals surface area contributed by atoms with Crippen LogP contribution in [0, 0.1) is 12.7 Å². The van der Waals surface area contributed by atoms with Crippen molar-refractivity contribution in [3.05, 3.63) is 46.4 Å². The highest BCUT2D eigenvalue weighted by Crippen LogP contribution is 2.40. The number of fused-ring (bicyclic) bond motifs is 1. The van der Waals surface area contributed by atoms with Gasteiger partial charge in [-0.2, -0.15) is 5.10 Å². The number of H-pyrrole nitrogens is 1. The summed E-state index contributed by atoms with van der Waals surface area (Å²) in [6, 6.07) is 5.67. The fourth-order valence-electron chi connectivity index (χ4n) is 2.57. The van der Waals surface area contributed by atoms with E-state index in [4.69, 9.17) is 11.6 Å². The molecule has 2 N–H and O–H groups in total. The Hall–Kier alpha value is -2.05. The first-order valence-electron chi connectivity index (χ1n) is 6.68. The molecule has 0 spiro atoms. The van der Waals surface area contributed by atoms with Gasteiger partial charge in [-0.05, 0) is 30.4 Å². The quantitative estimate of drug-likeness (QED) is 0.669. The topological polar surface area (TPSA) is 66.0 Å². The van der Waals surface area contributed by atoms with E-state index in [2.05, 4.69) is 10.2 Å². The molecule has 0 atom stereocenters. The Kier molecular flexibility index (Phi) is 4.04. The van der Waals surface area contributed by atoms with Crippen LogP contribution in [0.3, 0.4) is 0 Å². The first-order valence-corrected chi connectivity index (χ1v) is 8.28. The number of halogens is 2. The summed E-state index contributed by atoms with van der Waals surface area (Å²) in [6.45, 7) is 1.98. The van der Waals surface area contributed by atoms with Gasteiger partial charge in [0.1, 0.15) is 5.56 Å². The molecular weight excluding hydrogens is 339 g/mol. The lowest BCUT2D eigenvalue weighted by Crippen LogP contribution is -2.04. The van der Waals surface area contributed by atoms with Crippen LogP contribution in [0.15, 0.2) is 29.3 Å². The molecule has 0 saturated carbocycles. The Morgan fingerprint density at radius 3 is 2.83 bits per heavy atom. The molecule has 1 aromatic heterocycles. The third-order valence-corrected chi connectivity index (χ3v) is 4.94. The van der Waals surface area contributed by atoms with E-state index < -0.39 is 17.3 Å². The van der Waals surface area contributed by atoms with Crippen molar-refractivity contribution in [2.24, 2.45) is 0 Å². The minimum Gasteiger partial charge on any atom is -0.478 e. The number of aromatic carboxylic acids is 1. The van der Waals surface area contributed by atoms with Crippen LogP contribution in [0.5, 0.6) is 0 Å². The molecule has 23 heavy (non-hydrogen) atoms. The minimum absolute atomic E-state index is 0.126. The maximum atomic E-state index is 14.5. The summed E-state index contributed by atoms with van der Waals surface area (Å²) in [5, 5.41) is 15.9. The molecule has 0 amide bonds. The molecule has 0 saturated heterocycles. The molecule has 2 aromatic carbocycles. The second-order valence-corrected chi connectivity index (χ2v) is 6.25. The van der Waals surface area contributed by atoms with Crippen LogP contribution in [0.4, 0.5) is 4.39 Å². The van der Waals surface area contributed by atoms with Gasteiger partial charge in [0, 0.05) is 15.8 Å². The number of rotatable bonds is 3. The second kappa shape index (κ2) is 5.86. The molecule has 0 aliphatic heterocycles. The fourth-order valence-corrected chi connectivity index (χ4v) is 3.51. The zero-order valence-electron chi connectivity index (χ0n) is 12.3. The number of benzene rings is 2.